The molecule has 0 fully saturated rings. The Labute approximate surface area is 114 Å². The van der Waals surface area contributed by atoms with Crippen molar-refractivity contribution in [3.63, 3.8) is 0 Å². The predicted octanol–water partition coefficient (Wildman–Crippen LogP) is 2.17. The van der Waals surface area contributed by atoms with Crippen LogP contribution in [0.5, 0.6) is 5.88 Å². The lowest BCUT2D eigenvalue weighted by Crippen LogP contribution is -2.31. The Hall–Kier alpha value is -1.62. The normalized spacial score (nSPS) is 11.0. The number of nitrogens with zero attached hydrogens (tertiary/aromatic N) is 2. The molecule has 5 nitrogen and oxygen atoms in total. The van der Waals surface area contributed by atoms with E-state index >= 15 is 0 Å². The highest BCUT2D eigenvalue weighted by Gasteiger charge is 2.13. The zero-order valence-corrected chi connectivity index (χ0v) is 11.8. The van der Waals surface area contributed by atoms with Crippen molar-refractivity contribution in [2.75, 3.05) is 13.7 Å². The van der Waals surface area contributed by atoms with Crippen LogP contribution < -0.4 is 4.74 Å². The molecule has 0 radical (unpaired) electrons. The molecule has 0 aliphatic carbocycles. The number of aromatic nitrogens is 1. The molecule has 0 atom stereocenters. The summed E-state index contributed by atoms with van der Waals surface area (Å²) in [5.41, 5.74) is 1.02. The highest BCUT2D eigenvalue weighted by Crippen LogP contribution is 2.17. The SMILES string of the molecule is COc1ncccc1CN(CCCC(=O)O)C(C)C. The van der Waals surface area contributed by atoms with Gasteiger partial charge in [0.1, 0.15) is 0 Å². The fourth-order valence-electron chi connectivity index (χ4n) is 1.90. The van der Waals surface area contributed by atoms with E-state index in [2.05, 4.69) is 23.7 Å². The maximum atomic E-state index is 10.6. The highest BCUT2D eigenvalue weighted by molar-refractivity contribution is 5.66. The molecule has 0 amide bonds. The molecule has 0 saturated heterocycles. The molecule has 1 aromatic heterocycles. The van der Waals surface area contributed by atoms with Crippen molar-refractivity contribution >= 4 is 5.97 Å². The second-order valence-corrected chi connectivity index (χ2v) is 4.73. The van der Waals surface area contributed by atoms with Crippen molar-refractivity contribution in [1.82, 2.24) is 9.88 Å². The number of hydrogen-bond acceptors (Lipinski definition) is 4. The van der Waals surface area contributed by atoms with E-state index in [-0.39, 0.29) is 6.42 Å². The minimum absolute atomic E-state index is 0.202. The van der Waals surface area contributed by atoms with Gasteiger partial charge >= 0.3 is 5.97 Å². The van der Waals surface area contributed by atoms with Crippen LogP contribution >= 0.6 is 0 Å². The minimum Gasteiger partial charge on any atom is -0.481 e. The van der Waals surface area contributed by atoms with Crippen LogP contribution in [-0.4, -0.2) is 40.7 Å². The molecule has 5 heteroatoms. The first kappa shape index (κ1) is 15.4. The van der Waals surface area contributed by atoms with Crippen LogP contribution in [0.4, 0.5) is 0 Å². The number of carbonyl (C=O) groups is 1. The maximum Gasteiger partial charge on any atom is 0.303 e. The number of ether oxygens (including phenoxy) is 1. The number of carboxylic acids is 1. The van der Waals surface area contributed by atoms with Crippen molar-refractivity contribution in [3.05, 3.63) is 23.9 Å². The largest absolute Gasteiger partial charge is 0.481 e. The Kier molecular flexibility index (Phi) is 6.29. The zero-order valence-electron chi connectivity index (χ0n) is 11.8. The van der Waals surface area contributed by atoms with Gasteiger partial charge in [-0.25, -0.2) is 4.98 Å². The summed E-state index contributed by atoms with van der Waals surface area (Å²) in [6.07, 6.45) is 2.55. The van der Waals surface area contributed by atoms with Gasteiger partial charge in [-0.15, -0.1) is 0 Å². The van der Waals surface area contributed by atoms with Crippen molar-refractivity contribution in [1.29, 1.82) is 0 Å². The van der Waals surface area contributed by atoms with Gasteiger partial charge in [0.25, 0.3) is 0 Å². The summed E-state index contributed by atoms with van der Waals surface area (Å²) in [7, 11) is 1.61. The molecule has 0 aromatic carbocycles. The maximum absolute atomic E-state index is 10.6. The second kappa shape index (κ2) is 7.74. The van der Waals surface area contributed by atoms with E-state index in [9.17, 15) is 4.79 Å². The molecule has 0 bridgehead atoms. The molecule has 0 saturated carbocycles. The first-order valence-electron chi connectivity index (χ1n) is 6.48. The summed E-state index contributed by atoms with van der Waals surface area (Å²) in [5, 5.41) is 8.69. The van der Waals surface area contributed by atoms with E-state index < -0.39 is 5.97 Å². The summed E-state index contributed by atoms with van der Waals surface area (Å²) in [6, 6.07) is 4.21. The smallest absolute Gasteiger partial charge is 0.303 e. The van der Waals surface area contributed by atoms with Gasteiger partial charge in [0.15, 0.2) is 0 Å². The minimum atomic E-state index is -0.748. The van der Waals surface area contributed by atoms with Crippen molar-refractivity contribution in [2.45, 2.75) is 39.3 Å². The third-order valence-electron chi connectivity index (χ3n) is 2.98. The van der Waals surface area contributed by atoms with Crippen molar-refractivity contribution < 1.29 is 14.6 Å². The molecule has 1 rings (SSSR count). The second-order valence-electron chi connectivity index (χ2n) is 4.73. The Bertz CT molecular complexity index is 407. The van der Waals surface area contributed by atoms with E-state index in [1.165, 1.54) is 0 Å². The predicted molar refractivity (Wildman–Crippen MR) is 73.2 cm³/mol. The Morgan fingerprint density at radius 2 is 2.26 bits per heavy atom. The van der Waals surface area contributed by atoms with Crippen LogP contribution in [0.3, 0.4) is 0 Å². The van der Waals surface area contributed by atoms with E-state index in [1.807, 2.05) is 12.1 Å². The van der Waals surface area contributed by atoms with Gasteiger partial charge in [0, 0.05) is 30.8 Å². The topological polar surface area (TPSA) is 62.7 Å². The monoisotopic (exact) mass is 266 g/mol. The molecule has 0 aliphatic heterocycles. The number of carboxylic acid groups (broad SMARTS) is 1. The van der Waals surface area contributed by atoms with Crippen molar-refractivity contribution in [2.24, 2.45) is 0 Å². The van der Waals surface area contributed by atoms with E-state index in [4.69, 9.17) is 9.84 Å². The van der Waals surface area contributed by atoms with Gasteiger partial charge in [-0.05, 0) is 32.9 Å². The van der Waals surface area contributed by atoms with Gasteiger partial charge < -0.3 is 9.84 Å². The molecular formula is C14H22N2O3. The number of rotatable bonds is 8. The fourth-order valence-corrected chi connectivity index (χ4v) is 1.90. The summed E-state index contributed by atoms with van der Waals surface area (Å²) in [6.45, 7) is 5.67. The summed E-state index contributed by atoms with van der Waals surface area (Å²) in [4.78, 5) is 17.0. The van der Waals surface area contributed by atoms with Gasteiger partial charge in [-0.3, -0.25) is 9.69 Å². The number of aliphatic carboxylic acids is 1. The Balaban J connectivity index is 2.64. The molecular weight excluding hydrogens is 244 g/mol. The average molecular weight is 266 g/mol. The lowest BCUT2D eigenvalue weighted by Gasteiger charge is -2.26. The fraction of sp³-hybridized carbons (Fsp3) is 0.571. The van der Waals surface area contributed by atoms with Crippen LogP contribution in [0, 0.1) is 0 Å². The van der Waals surface area contributed by atoms with Gasteiger partial charge in [0.05, 0.1) is 7.11 Å². The van der Waals surface area contributed by atoms with Crippen LogP contribution in [0.15, 0.2) is 18.3 Å². The highest BCUT2D eigenvalue weighted by atomic mass is 16.5. The molecule has 1 aromatic rings. The quantitative estimate of drug-likeness (QED) is 0.781. The van der Waals surface area contributed by atoms with Gasteiger partial charge in [-0.2, -0.15) is 0 Å². The average Bonchev–Trinajstić information content (AvgIpc) is 2.37. The first-order valence-corrected chi connectivity index (χ1v) is 6.48. The third kappa shape index (κ3) is 5.26. The summed E-state index contributed by atoms with van der Waals surface area (Å²) >= 11 is 0. The Morgan fingerprint density at radius 1 is 1.53 bits per heavy atom. The van der Waals surface area contributed by atoms with Gasteiger partial charge in [-0.1, -0.05) is 6.07 Å². The molecule has 1 N–H and O–H groups in total. The van der Waals surface area contributed by atoms with Crippen LogP contribution in [0.1, 0.15) is 32.3 Å². The Morgan fingerprint density at radius 3 is 2.84 bits per heavy atom. The molecule has 19 heavy (non-hydrogen) atoms. The molecule has 0 spiro atoms. The van der Waals surface area contributed by atoms with E-state index in [1.54, 1.807) is 13.3 Å². The molecule has 0 unspecified atom stereocenters. The molecule has 106 valence electrons. The number of hydrogen-bond donors (Lipinski definition) is 1. The van der Waals surface area contributed by atoms with Gasteiger partial charge in [0.2, 0.25) is 5.88 Å². The first-order chi connectivity index (χ1) is 9.04. The summed E-state index contributed by atoms with van der Waals surface area (Å²) < 4.78 is 5.24. The van der Waals surface area contributed by atoms with E-state index in [0.29, 0.717) is 24.9 Å². The molecule has 1 heterocycles. The van der Waals surface area contributed by atoms with Crippen LogP contribution in [0.2, 0.25) is 0 Å². The third-order valence-corrected chi connectivity index (χ3v) is 2.98. The lowest BCUT2D eigenvalue weighted by atomic mass is 10.2. The lowest BCUT2D eigenvalue weighted by molar-refractivity contribution is -0.137. The standard InChI is InChI=1S/C14H22N2O3/c1-11(2)16(9-5-7-13(17)18)10-12-6-4-8-15-14(12)19-3/h4,6,8,11H,5,7,9-10H2,1-3H3,(H,17,18). The summed E-state index contributed by atoms with van der Waals surface area (Å²) in [5.74, 6) is -0.117. The number of methoxy groups -OCH3 is 1. The van der Waals surface area contributed by atoms with Crippen LogP contribution in [0.25, 0.3) is 0 Å². The zero-order chi connectivity index (χ0) is 14.3. The molecule has 0 aliphatic rings. The van der Waals surface area contributed by atoms with Crippen molar-refractivity contribution in [3.8, 4) is 5.88 Å². The number of pyridine rings is 1. The van der Waals surface area contributed by atoms with Crippen LogP contribution in [-0.2, 0) is 11.3 Å². The van der Waals surface area contributed by atoms with E-state index in [0.717, 1.165) is 12.1 Å².